The third-order valence-electron chi connectivity index (χ3n) is 6.12. The second kappa shape index (κ2) is 11.7. The molecule has 0 saturated carbocycles. The molecule has 37 heavy (non-hydrogen) atoms. The summed E-state index contributed by atoms with van der Waals surface area (Å²) in [6.45, 7) is 6.30. The number of sulfonamides is 1. The first-order chi connectivity index (χ1) is 17.8. The van der Waals surface area contributed by atoms with Crippen LogP contribution < -0.4 is 15.0 Å². The van der Waals surface area contributed by atoms with Crippen LogP contribution in [0.1, 0.15) is 56.6 Å². The highest BCUT2D eigenvalue weighted by molar-refractivity contribution is 7.89. The van der Waals surface area contributed by atoms with E-state index in [2.05, 4.69) is 26.7 Å². The van der Waals surface area contributed by atoms with E-state index in [-0.39, 0.29) is 22.8 Å². The molecule has 2 aromatic carbocycles. The summed E-state index contributed by atoms with van der Waals surface area (Å²) in [5, 5.41) is 4.69. The molecule has 0 unspecified atom stereocenters. The van der Waals surface area contributed by atoms with E-state index >= 15 is 0 Å². The number of aromatic amines is 1. The molecule has 0 aliphatic carbocycles. The van der Waals surface area contributed by atoms with Crippen molar-refractivity contribution in [2.24, 2.45) is 0 Å². The number of rotatable bonds is 12. The van der Waals surface area contributed by atoms with Crippen LogP contribution in [0, 0.1) is 6.92 Å². The third kappa shape index (κ3) is 6.08. The maximum absolute atomic E-state index is 13.1. The quantitative estimate of drug-likeness (QED) is 0.266. The molecule has 0 radical (unpaired) electrons. The van der Waals surface area contributed by atoms with Crippen LogP contribution in [-0.2, 0) is 23.0 Å². The van der Waals surface area contributed by atoms with Gasteiger partial charge in [-0.15, -0.1) is 5.10 Å². The Balaban J connectivity index is 1.74. The molecule has 0 fully saturated rings. The summed E-state index contributed by atoms with van der Waals surface area (Å²) in [5.74, 6) is 1.35. The molecule has 0 atom stereocenters. The molecular weight excluding hydrogens is 490 g/mol. The van der Waals surface area contributed by atoms with Crippen molar-refractivity contribution in [1.82, 2.24) is 24.3 Å². The summed E-state index contributed by atoms with van der Waals surface area (Å²) in [7, 11) is -3.84. The fraction of sp³-hybridized carbons (Fsp3) is 0.370. The zero-order chi connectivity index (χ0) is 26.4. The molecule has 2 aromatic heterocycles. The minimum Gasteiger partial charge on any atom is -0.493 e. The Morgan fingerprint density at radius 2 is 1.84 bits per heavy atom. The van der Waals surface area contributed by atoms with Crippen molar-refractivity contribution in [2.45, 2.75) is 64.3 Å². The van der Waals surface area contributed by atoms with E-state index in [0.717, 1.165) is 31.2 Å². The van der Waals surface area contributed by atoms with E-state index in [4.69, 9.17) is 4.74 Å². The molecular formula is C27H33N5O4S. The van der Waals surface area contributed by atoms with Gasteiger partial charge in [0.15, 0.2) is 11.3 Å². The van der Waals surface area contributed by atoms with Gasteiger partial charge in [0.2, 0.25) is 10.0 Å². The summed E-state index contributed by atoms with van der Waals surface area (Å²) in [4.78, 5) is 20.5. The van der Waals surface area contributed by atoms with Gasteiger partial charge in [0, 0.05) is 13.0 Å². The number of unbranched alkanes of at least 4 members (excludes halogenated alkanes) is 3. The Morgan fingerprint density at radius 1 is 1.05 bits per heavy atom. The fourth-order valence-electron chi connectivity index (χ4n) is 4.23. The van der Waals surface area contributed by atoms with E-state index in [1.807, 2.05) is 37.3 Å². The zero-order valence-electron chi connectivity index (χ0n) is 21.5. The molecule has 0 aliphatic rings. The maximum atomic E-state index is 13.1. The van der Waals surface area contributed by atoms with Gasteiger partial charge in [0.1, 0.15) is 11.6 Å². The van der Waals surface area contributed by atoms with Crippen LogP contribution in [0.2, 0.25) is 0 Å². The molecule has 0 spiro atoms. The average molecular weight is 524 g/mol. The van der Waals surface area contributed by atoms with E-state index in [0.29, 0.717) is 41.4 Å². The second-order valence-corrected chi connectivity index (χ2v) is 10.7. The van der Waals surface area contributed by atoms with Gasteiger partial charge in [-0.1, -0.05) is 56.5 Å². The minimum absolute atomic E-state index is 0.0474. The van der Waals surface area contributed by atoms with Crippen molar-refractivity contribution in [1.29, 1.82) is 0 Å². The lowest BCUT2D eigenvalue weighted by atomic mass is 10.1. The van der Waals surface area contributed by atoms with Crippen LogP contribution in [-0.4, -0.2) is 34.6 Å². The maximum Gasteiger partial charge on any atom is 0.277 e. The summed E-state index contributed by atoms with van der Waals surface area (Å²) in [6, 6.07) is 13.8. The Hall–Kier alpha value is -3.50. The molecule has 196 valence electrons. The fourth-order valence-corrected chi connectivity index (χ4v) is 5.27. The Bertz CT molecular complexity index is 1530. The normalized spacial score (nSPS) is 11.8. The molecule has 0 saturated heterocycles. The van der Waals surface area contributed by atoms with Gasteiger partial charge in [-0.3, -0.25) is 4.79 Å². The lowest BCUT2D eigenvalue weighted by Gasteiger charge is -2.13. The van der Waals surface area contributed by atoms with Crippen LogP contribution in [0.3, 0.4) is 0 Å². The van der Waals surface area contributed by atoms with E-state index in [1.165, 1.54) is 12.1 Å². The number of hydrogen-bond acceptors (Lipinski definition) is 6. The van der Waals surface area contributed by atoms with Gasteiger partial charge in [-0.25, -0.2) is 22.6 Å². The number of H-pyrrole nitrogens is 1. The number of aryl methyl sites for hydroxylation is 2. The molecule has 4 rings (SSSR count). The van der Waals surface area contributed by atoms with Gasteiger partial charge in [-0.05, 0) is 44.0 Å². The topological polar surface area (TPSA) is 118 Å². The Labute approximate surface area is 217 Å². The first-order valence-electron chi connectivity index (χ1n) is 12.6. The second-order valence-electron chi connectivity index (χ2n) is 8.89. The van der Waals surface area contributed by atoms with Crippen molar-refractivity contribution >= 4 is 15.5 Å². The standard InChI is InChI=1S/C27H33N5O4S/c1-4-6-7-11-14-24-29-19(3)25-27(33)30-26(31-32(24)25)22-17-21(15-16-23(22)36-5-2)37(34,35)28-18-20-12-9-8-10-13-20/h8-10,12-13,15-17,28H,4-7,11,14,18H2,1-3H3,(H,30,31,33). The Morgan fingerprint density at radius 3 is 2.57 bits per heavy atom. The highest BCUT2D eigenvalue weighted by Gasteiger charge is 2.21. The lowest BCUT2D eigenvalue weighted by molar-refractivity contribution is 0.341. The predicted molar refractivity (Wildman–Crippen MR) is 143 cm³/mol. The van der Waals surface area contributed by atoms with E-state index < -0.39 is 10.0 Å². The SMILES string of the molecule is CCCCCCc1nc(C)c2c(=O)[nH]c(-c3cc(S(=O)(=O)NCc4ccccc4)ccc3OCC)nn12. The van der Waals surface area contributed by atoms with Crippen LogP contribution in [0.5, 0.6) is 5.75 Å². The van der Waals surface area contributed by atoms with Crippen LogP contribution in [0.15, 0.2) is 58.2 Å². The first kappa shape index (κ1) is 26.6. The third-order valence-corrected chi connectivity index (χ3v) is 7.52. The number of ether oxygens (including phenoxy) is 1. The monoisotopic (exact) mass is 523 g/mol. The highest BCUT2D eigenvalue weighted by atomic mass is 32.2. The average Bonchev–Trinajstić information content (AvgIpc) is 3.22. The van der Waals surface area contributed by atoms with Crippen molar-refractivity contribution in [3.8, 4) is 17.1 Å². The molecule has 2 N–H and O–H groups in total. The number of fused-ring (bicyclic) bond motifs is 1. The summed E-state index contributed by atoms with van der Waals surface area (Å²) < 4.78 is 36.2. The highest BCUT2D eigenvalue weighted by Crippen LogP contribution is 2.30. The summed E-state index contributed by atoms with van der Waals surface area (Å²) in [6.07, 6.45) is 4.98. The van der Waals surface area contributed by atoms with E-state index in [9.17, 15) is 13.2 Å². The lowest BCUT2D eigenvalue weighted by Crippen LogP contribution is -2.23. The molecule has 0 aliphatic heterocycles. The summed E-state index contributed by atoms with van der Waals surface area (Å²) >= 11 is 0. The molecule has 9 nitrogen and oxygen atoms in total. The van der Waals surface area contributed by atoms with Crippen LogP contribution in [0.25, 0.3) is 16.9 Å². The van der Waals surface area contributed by atoms with Gasteiger partial charge in [0.25, 0.3) is 5.56 Å². The van der Waals surface area contributed by atoms with Crippen LogP contribution >= 0.6 is 0 Å². The van der Waals surface area contributed by atoms with Crippen molar-refractivity contribution in [3.05, 3.63) is 76.0 Å². The molecule has 0 bridgehead atoms. The van der Waals surface area contributed by atoms with Gasteiger partial charge < -0.3 is 9.72 Å². The van der Waals surface area contributed by atoms with Gasteiger partial charge >= 0.3 is 0 Å². The first-order valence-corrected chi connectivity index (χ1v) is 14.1. The number of hydrogen-bond donors (Lipinski definition) is 2. The largest absolute Gasteiger partial charge is 0.493 e. The van der Waals surface area contributed by atoms with E-state index in [1.54, 1.807) is 17.5 Å². The zero-order valence-corrected chi connectivity index (χ0v) is 22.3. The number of nitrogens with zero attached hydrogens (tertiary/aromatic N) is 3. The molecule has 4 aromatic rings. The molecule has 0 amide bonds. The minimum atomic E-state index is -3.84. The molecule has 10 heteroatoms. The number of nitrogens with one attached hydrogen (secondary N) is 2. The van der Waals surface area contributed by atoms with Gasteiger partial charge in [0.05, 0.1) is 22.8 Å². The number of aromatic nitrogens is 4. The van der Waals surface area contributed by atoms with Crippen molar-refractivity contribution in [2.75, 3.05) is 6.61 Å². The van der Waals surface area contributed by atoms with Crippen molar-refractivity contribution in [3.63, 3.8) is 0 Å². The number of benzene rings is 2. The number of imidazole rings is 1. The van der Waals surface area contributed by atoms with Crippen LogP contribution in [0.4, 0.5) is 0 Å². The Kier molecular flexibility index (Phi) is 8.40. The predicted octanol–water partition coefficient (Wildman–Crippen LogP) is 4.39. The van der Waals surface area contributed by atoms with Gasteiger partial charge in [-0.2, -0.15) is 0 Å². The molecule has 2 heterocycles. The summed E-state index contributed by atoms with van der Waals surface area (Å²) in [5.41, 5.74) is 1.88. The smallest absolute Gasteiger partial charge is 0.277 e. The van der Waals surface area contributed by atoms with Crippen molar-refractivity contribution < 1.29 is 13.2 Å².